The number of hydrogen-bond acceptors (Lipinski definition) is 4. The van der Waals surface area contributed by atoms with E-state index in [0.717, 1.165) is 15.4 Å². The van der Waals surface area contributed by atoms with E-state index in [1.165, 1.54) is 12.3 Å². The number of carboxylic acids is 1. The van der Waals surface area contributed by atoms with Gasteiger partial charge in [0.25, 0.3) is 5.91 Å². The monoisotopic (exact) mass is 423 g/mol. The number of nitrogens with zero attached hydrogens (tertiary/aromatic N) is 2. The van der Waals surface area contributed by atoms with Gasteiger partial charge in [-0.15, -0.1) is 0 Å². The summed E-state index contributed by atoms with van der Waals surface area (Å²) in [6.45, 7) is 0. The van der Waals surface area contributed by atoms with Crippen LogP contribution < -0.4 is 5.73 Å². The van der Waals surface area contributed by atoms with E-state index in [-0.39, 0.29) is 0 Å². The summed E-state index contributed by atoms with van der Waals surface area (Å²) in [5.74, 6) is -1.42. The van der Waals surface area contributed by atoms with Gasteiger partial charge in [0.05, 0.1) is 16.6 Å². The molecule has 0 spiro atoms. The summed E-state index contributed by atoms with van der Waals surface area (Å²) in [4.78, 5) is 29.8. The van der Waals surface area contributed by atoms with E-state index in [9.17, 15) is 9.59 Å². The molecule has 0 unspecified atom stereocenters. The van der Waals surface area contributed by atoms with Crippen molar-refractivity contribution < 1.29 is 14.7 Å². The van der Waals surface area contributed by atoms with Gasteiger partial charge < -0.3 is 10.8 Å². The smallest absolute Gasteiger partial charge is 0.336 e. The zero-order valence-corrected chi connectivity index (χ0v) is 15.6. The van der Waals surface area contributed by atoms with Gasteiger partial charge in [-0.1, -0.05) is 40.2 Å². The van der Waals surface area contributed by atoms with Crippen LogP contribution in [0.3, 0.4) is 0 Å². The van der Waals surface area contributed by atoms with Crippen molar-refractivity contribution in [1.29, 1.82) is 0 Å². The Balaban J connectivity index is 0.000000156. The van der Waals surface area contributed by atoms with Crippen molar-refractivity contribution in [2.24, 2.45) is 5.73 Å². The largest absolute Gasteiger partial charge is 0.478 e. The molecule has 0 saturated carbocycles. The SMILES string of the molecule is NC(=O)c1ccc2cc(Br)ccc2n1.O=C(O)c1ccnc2ccccc12. The number of aromatic carboxylic acids is 1. The minimum Gasteiger partial charge on any atom is -0.478 e. The summed E-state index contributed by atoms with van der Waals surface area (Å²) in [5, 5.41) is 10.5. The first-order chi connectivity index (χ1) is 13.0. The Morgan fingerprint density at radius 3 is 2.48 bits per heavy atom. The van der Waals surface area contributed by atoms with E-state index in [1.54, 1.807) is 24.3 Å². The Bertz CT molecular complexity index is 1160. The molecule has 0 radical (unpaired) electrons. The standard InChI is InChI=1S/C10H7BrN2O.C10H7NO2/c11-7-2-4-8-6(5-7)1-3-9(13-8)10(12)14;12-10(13)8-5-6-11-9-4-2-1-3-7(8)9/h1-5H,(H2,12,14);1-6H,(H,12,13). The second kappa shape index (κ2) is 7.92. The minimum atomic E-state index is -0.918. The number of para-hydroxylation sites is 1. The predicted octanol–water partition coefficient (Wildman–Crippen LogP) is 4.03. The quantitative estimate of drug-likeness (QED) is 0.506. The third-order valence-electron chi connectivity index (χ3n) is 3.78. The van der Waals surface area contributed by atoms with Crippen LogP contribution in [0.2, 0.25) is 0 Å². The third kappa shape index (κ3) is 4.27. The maximum atomic E-state index is 10.9. The van der Waals surface area contributed by atoms with Gasteiger partial charge in [-0.05, 0) is 36.4 Å². The van der Waals surface area contributed by atoms with Crippen LogP contribution in [0.25, 0.3) is 21.8 Å². The van der Waals surface area contributed by atoms with E-state index < -0.39 is 11.9 Å². The third-order valence-corrected chi connectivity index (χ3v) is 4.28. The van der Waals surface area contributed by atoms with Crippen LogP contribution in [-0.2, 0) is 0 Å². The van der Waals surface area contributed by atoms with E-state index in [0.29, 0.717) is 22.2 Å². The van der Waals surface area contributed by atoms with Gasteiger partial charge in [-0.3, -0.25) is 9.78 Å². The highest BCUT2D eigenvalue weighted by Gasteiger charge is 2.07. The van der Waals surface area contributed by atoms with Crippen molar-refractivity contribution in [3.8, 4) is 0 Å². The van der Waals surface area contributed by atoms with Crippen molar-refractivity contribution >= 4 is 49.6 Å². The topological polar surface area (TPSA) is 106 Å². The lowest BCUT2D eigenvalue weighted by atomic mass is 10.1. The van der Waals surface area contributed by atoms with Gasteiger partial charge in [0.1, 0.15) is 5.69 Å². The lowest BCUT2D eigenvalue weighted by molar-refractivity contribution is 0.0698. The first-order valence-electron chi connectivity index (χ1n) is 7.89. The summed E-state index contributed by atoms with van der Waals surface area (Å²) in [5.41, 5.74) is 7.19. The number of fused-ring (bicyclic) bond motifs is 2. The van der Waals surface area contributed by atoms with Gasteiger partial charge >= 0.3 is 5.97 Å². The Labute approximate surface area is 162 Å². The highest BCUT2D eigenvalue weighted by Crippen LogP contribution is 2.18. The van der Waals surface area contributed by atoms with Gasteiger partial charge in [0.15, 0.2) is 0 Å². The maximum absolute atomic E-state index is 10.9. The molecule has 134 valence electrons. The Kier molecular flexibility index (Phi) is 5.42. The van der Waals surface area contributed by atoms with E-state index >= 15 is 0 Å². The van der Waals surface area contributed by atoms with Crippen LogP contribution in [0.5, 0.6) is 0 Å². The number of benzene rings is 2. The number of halogens is 1. The first-order valence-corrected chi connectivity index (χ1v) is 8.68. The number of aromatic nitrogens is 2. The number of carboxylic acid groups (broad SMARTS) is 1. The summed E-state index contributed by atoms with van der Waals surface area (Å²) >= 11 is 3.36. The fraction of sp³-hybridized carbons (Fsp3) is 0. The Morgan fingerprint density at radius 1 is 0.963 bits per heavy atom. The van der Waals surface area contributed by atoms with Crippen LogP contribution in [0.4, 0.5) is 0 Å². The van der Waals surface area contributed by atoms with Crippen LogP contribution in [0.1, 0.15) is 20.8 Å². The predicted molar refractivity (Wildman–Crippen MR) is 107 cm³/mol. The molecule has 4 aromatic rings. The van der Waals surface area contributed by atoms with Crippen molar-refractivity contribution in [1.82, 2.24) is 9.97 Å². The van der Waals surface area contributed by atoms with E-state index in [4.69, 9.17) is 10.8 Å². The van der Waals surface area contributed by atoms with Gasteiger partial charge in [-0.25, -0.2) is 9.78 Å². The van der Waals surface area contributed by atoms with Crippen LogP contribution in [0.15, 0.2) is 71.3 Å². The second-order valence-corrected chi connectivity index (χ2v) is 6.49. The summed E-state index contributed by atoms with van der Waals surface area (Å²) in [7, 11) is 0. The summed E-state index contributed by atoms with van der Waals surface area (Å²) in [6.07, 6.45) is 1.51. The number of primary amides is 1. The zero-order chi connectivity index (χ0) is 19.4. The molecular formula is C20H14BrN3O3. The number of nitrogens with two attached hydrogens (primary N) is 1. The van der Waals surface area contributed by atoms with Crippen molar-refractivity contribution in [3.05, 3.63) is 82.6 Å². The molecule has 0 aliphatic heterocycles. The molecule has 27 heavy (non-hydrogen) atoms. The summed E-state index contributed by atoms with van der Waals surface area (Å²) in [6, 6.07) is 17.8. The maximum Gasteiger partial charge on any atom is 0.336 e. The molecule has 0 fully saturated rings. The zero-order valence-electron chi connectivity index (χ0n) is 14.0. The number of pyridine rings is 2. The molecular weight excluding hydrogens is 410 g/mol. The molecule has 7 heteroatoms. The van der Waals surface area contributed by atoms with Crippen molar-refractivity contribution in [2.75, 3.05) is 0 Å². The lowest BCUT2D eigenvalue weighted by Crippen LogP contribution is -2.12. The van der Waals surface area contributed by atoms with Crippen LogP contribution >= 0.6 is 15.9 Å². The highest BCUT2D eigenvalue weighted by atomic mass is 79.9. The van der Waals surface area contributed by atoms with E-state index in [2.05, 4.69) is 25.9 Å². The molecule has 0 atom stereocenters. The number of carbonyl (C=O) groups excluding carboxylic acids is 1. The molecule has 4 rings (SSSR count). The van der Waals surface area contributed by atoms with Crippen LogP contribution in [0, 0.1) is 0 Å². The van der Waals surface area contributed by atoms with Crippen molar-refractivity contribution in [2.45, 2.75) is 0 Å². The molecule has 6 nitrogen and oxygen atoms in total. The molecule has 2 heterocycles. The van der Waals surface area contributed by atoms with Crippen molar-refractivity contribution in [3.63, 3.8) is 0 Å². The van der Waals surface area contributed by atoms with Gasteiger partial charge in [-0.2, -0.15) is 0 Å². The van der Waals surface area contributed by atoms with Crippen LogP contribution in [-0.4, -0.2) is 27.0 Å². The molecule has 2 aromatic heterocycles. The number of amides is 1. The molecule has 2 aromatic carbocycles. The summed E-state index contributed by atoms with van der Waals surface area (Å²) < 4.78 is 0.985. The normalized spacial score (nSPS) is 10.3. The fourth-order valence-electron chi connectivity index (χ4n) is 2.52. The van der Waals surface area contributed by atoms with E-state index in [1.807, 2.05) is 30.3 Å². The Morgan fingerprint density at radius 2 is 1.74 bits per heavy atom. The second-order valence-electron chi connectivity index (χ2n) is 5.58. The molecule has 0 saturated heterocycles. The molecule has 3 N–H and O–H groups in total. The minimum absolute atomic E-state index is 0.292. The Hall–Kier alpha value is -3.32. The molecule has 0 bridgehead atoms. The highest BCUT2D eigenvalue weighted by molar-refractivity contribution is 9.10. The fourth-order valence-corrected chi connectivity index (χ4v) is 2.89. The molecule has 0 aliphatic rings. The molecule has 0 aliphatic carbocycles. The average Bonchev–Trinajstić information content (AvgIpc) is 2.67. The lowest BCUT2D eigenvalue weighted by Gasteiger charge is -1.99. The molecule has 1 amide bonds. The first kappa shape index (κ1) is 18.5. The average molecular weight is 424 g/mol. The van der Waals surface area contributed by atoms with Gasteiger partial charge in [0.2, 0.25) is 0 Å². The van der Waals surface area contributed by atoms with Gasteiger partial charge in [0, 0.05) is 21.4 Å². The number of hydrogen-bond donors (Lipinski definition) is 2. The number of rotatable bonds is 2. The number of carbonyl (C=O) groups is 2.